The Morgan fingerprint density at radius 3 is 1.65 bits per heavy atom. The summed E-state index contributed by atoms with van der Waals surface area (Å²) >= 11 is 1.85. The second-order valence-electron chi connectivity index (χ2n) is 14.0. The van der Waals surface area contributed by atoms with Crippen LogP contribution in [0.4, 0.5) is 17.1 Å². The van der Waals surface area contributed by atoms with E-state index in [0.29, 0.717) is 0 Å². The van der Waals surface area contributed by atoms with E-state index in [2.05, 4.69) is 205 Å². The van der Waals surface area contributed by atoms with Crippen LogP contribution in [0.25, 0.3) is 86.3 Å². The first kappa shape index (κ1) is 31.6. The minimum atomic E-state index is 0.892. The Morgan fingerprint density at radius 1 is 0.345 bits per heavy atom. The maximum atomic E-state index is 6.67. The first-order valence-corrected chi connectivity index (χ1v) is 19.5. The molecule has 11 aromatic rings. The largest absolute Gasteiger partial charge is 0.456 e. The third kappa shape index (κ3) is 5.24. The lowest BCUT2D eigenvalue weighted by Gasteiger charge is -2.27. The molecule has 0 aliphatic carbocycles. The summed E-state index contributed by atoms with van der Waals surface area (Å²) < 4.78 is 9.24. The predicted octanol–water partition coefficient (Wildman–Crippen LogP) is 15.6. The number of rotatable bonds is 6. The van der Waals surface area contributed by atoms with Crippen molar-refractivity contribution in [3.8, 4) is 33.4 Å². The van der Waals surface area contributed by atoms with E-state index in [9.17, 15) is 0 Å². The molecule has 11 rings (SSSR count). The Kier molecular flexibility index (Phi) is 7.39. The molecule has 0 aliphatic rings. The van der Waals surface area contributed by atoms with Crippen LogP contribution < -0.4 is 4.90 Å². The Hall–Kier alpha value is -6.94. The second kappa shape index (κ2) is 12.9. The van der Waals surface area contributed by atoms with E-state index >= 15 is 0 Å². The Morgan fingerprint density at radius 2 is 0.909 bits per heavy atom. The quantitative estimate of drug-likeness (QED) is 0.170. The van der Waals surface area contributed by atoms with Crippen LogP contribution in [0.15, 0.2) is 205 Å². The lowest BCUT2D eigenvalue weighted by Crippen LogP contribution is -2.10. The van der Waals surface area contributed by atoms with Crippen molar-refractivity contribution in [1.29, 1.82) is 0 Å². The zero-order valence-corrected chi connectivity index (χ0v) is 30.6. The van der Waals surface area contributed by atoms with Crippen LogP contribution in [-0.4, -0.2) is 0 Å². The van der Waals surface area contributed by atoms with Gasteiger partial charge >= 0.3 is 0 Å². The van der Waals surface area contributed by atoms with Crippen LogP contribution in [0.3, 0.4) is 0 Å². The van der Waals surface area contributed by atoms with Crippen molar-refractivity contribution in [2.75, 3.05) is 4.90 Å². The topological polar surface area (TPSA) is 16.4 Å². The van der Waals surface area contributed by atoms with Gasteiger partial charge in [-0.2, -0.15) is 0 Å². The van der Waals surface area contributed by atoms with Gasteiger partial charge in [-0.1, -0.05) is 146 Å². The maximum absolute atomic E-state index is 6.67. The monoisotopic (exact) mass is 719 g/mol. The molecule has 55 heavy (non-hydrogen) atoms. The van der Waals surface area contributed by atoms with E-state index in [1.54, 1.807) is 0 Å². The van der Waals surface area contributed by atoms with Crippen molar-refractivity contribution in [2.45, 2.75) is 0 Å². The summed E-state index contributed by atoms with van der Waals surface area (Å²) in [5.74, 6) is 0. The number of anilines is 3. The second-order valence-corrected chi connectivity index (χ2v) is 15.1. The van der Waals surface area contributed by atoms with E-state index in [1.807, 2.05) is 11.3 Å². The highest BCUT2D eigenvalue weighted by molar-refractivity contribution is 7.26. The number of hydrogen-bond acceptors (Lipinski definition) is 3. The van der Waals surface area contributed by atoms with Gasteiger partial charge in [0, 0.05) is 42.3 Å². The number of furan rings is 1. The smallest absolute Gasteiger partial charge is 0.136 e. The highest BCUT2D eigenvalue weighted by Crippen LogP contribution is 2.47. The van der Waals surface area contributed by atoms with Gasteiger partial charge in [-0.05, 0) is 98.8 Å². The number of hydrogen-bond donors (Lipinski definition) is 0. The Labute approximate surface area is 322 Å². The summed E-state index contributed by atoms with van der Waals surface area (Å²) in [6.45, 7) is 0. The summed E-state index contributed by atoms with van der Waals surface area (Å²) in [5.41, 5.74) is 12.2. The first-order chi connectivity index (χ1) is 27.3. The molecule has 2 heterocycles. The highest BCUT2D eigenvalue weighted by Gasteiger charge is 2.21. The molecule has 0 spiro atoms. The lowest BCUT2D eigenvalue weighted by atomic mass is 9.92. The van der Waals surface area contributed by atoms with E-state index in [-0.39, 0.29) is 0 Å². The van der Waals surface area contributed by atoms with E-state index in [4.69, 9.17) is 4.42 Å². The molecule has 2 aromatic heterocycles. The molecule has 0 radical (unpaired) electrons. The van der Waals surface area contributed by atoms with E-state index in [0.717, 1.165) is 44.4 Å². The fraction of sp³-hybridized carbons (Fsp3) is 0. The van der Waals surface area contributed by atoms with Crippen molar-refractivity contribution >= 4 is 81.3 Å². The number of nitrogens with zero attached hydrogens (tertiary/aromatic N) is 1. The average molecular weight is 720 g/mol. The molecule has 0 aliphatic heterocycles. The van der Waals surface area contributed by atoms with Gasteiger partial charge in [-0.3, -0.25) is 0 Å². The zero-order chi connectivity index (χ0) is 36.3. The van der Waals surface area contributed by atoms with E-state index < -0.39 is 0 Å². The summed E-state index contributed by atoms with van der Waals surface area (Å²) in [4.78, 5) is 2.41. The van der Waals surface area contributed by atoms with Crippen molar-refractivity contribution in [1.82, 2.24) is 0 Å². The van der Waals surface area contributed by atoms with Crippen LogP contribution in [0, 0.1) is 0 Å². The highest BCUT2D eigenvalue weighted by atomic mass is 32.1. The third-order valence-electron chi connectivity index (χ3n) is 10.9. The van der Waals surface area contributed by atoms with Gasteiger partial charge in [0.1, 0.15) is 11.2 Å². The summed E-state index contributed by atoms with van der Waals surface area (Å²) in [6, 6.07) is 72.0. The zero-order valence-electron chi connectivity index (χ0n) is 29.8. The van der Waals surface area contributed by atoms with E-state index in [1.165, 1.54) is 58.9 Å². The minimum absolute atomic E-state index is 0.892. The van der Waals surface area contributed by atoms with Gasteiger partial charge in [0.05, 0.1) is 5.69 Å². The Balaban J connectivity index is 1.08. The van der Waals surface area contributed by atoms with Gasteiger partial charge in [0.2, 0.25) is 0 Å². The summed E-state index contributed by atoms with van der Waals surface area (Å²) in [5, 5.41) is 7.27. The molecular formula is C52H33NOS. The van der Waals surface area contributed by atoms with Crippen molar-refractivity contribution < 1.29 is 4.42 Å². The fourth-order valence-corrected chi connectivity index (χ4v) is 9.50. The molecule has 0 saturated heterocycles. The maximum Gasteiger partial charge on any atom is 0.136 e. The van der Waals surface area contributed by atoms with Gasteiger partial charge in [0.25, 0.3) is 0 Å². The summed E-state index contributed by atoms with van der Waals surface area (Å²) in [7, 11) is 0. The molecule has 0 amide bonds. The molecule has 258 valence electrons. The number of thiophene rings is 1. The normalized spacial score (nSPS) is 11.6. The van der Waals surface area contributed by atoms with Gasteiger partial charge in [0.15, 0.2) is 0 Å². The molecular weight excluding hydrogens is 687 g/mol. The van der Waals surface area contributed by atoms with Crippen molar-refractivity contribution in [3.05, 3.63) is 200 Å². The standard InChI is InChI=1S/C52H33NOS/c1-3-13-34(14-4-1)35-25-29-38(30-26-35)53(45-21-12-24-49-50(45)43-19-9-10-23-48(43)55-49)39-31-27-37(28-32-39)40-20-11-22-46-51(40)52-42-18-8-7-17-41(42)44(33-47(52)54-46)36-15-5-2-6-16-36/h1-33H. The first-order valence-electron chi connectivity index (χ1n) is 18.7. The van der Waals surface area contributed by atoms with Crippen LogP contribution in [-0.2, 0) is 0 Å². The van der Waals surface area contributed by atoms with Crippen LogP contribution in [0.5, 0.6) is 0 Å². The van der Waals surface area contributed by atoms with Crippen LogP contribution in [0.2, 0.25) is 0 Å². The number of benzene rings is 9. The third-order valence-corrected chi connectivity index (χ3v) is 12.0. The SMILES string of the molecule is c1ccc(-c2ccc(N(c3ccc(-c4cccc5oc6cc(-c7ccccc7)c7ccccc7c6c45)cc3)c3cccc4sc5ccccc5c34)cc2)cc1. The van der Waals surface area contributed by atoms with Gasteiger partial charge in [-0.15, -0.1) is 11.3 Å². The predicted molar refractivity (Wildman–Crippen MR) is 235 cm³/mol. The minimum Gasteiger partial charge on any atom is -0.456 e. The lowest BCUT2D eigenvalue weighted by molar-refractivity contribution is 0.669. The molecule has 0 atom stereocenters. The van der Waals surface area contributed by atoms with Crippen molar-refractivity contribution in [2.24, 2.45) is 0 Å². The molecule has 9 aromatic carbocycles. The molecule has 3 heteroatoms. The summed E-state index contributed by atoms with van der Waals surface area (Å²) in [6.07, 6.45) is 0. The van der Waals surface area contributed by atoms with Crippen molar-refractivity contribution in [3.63, 3.8) is 0 Å². The van der Waals surface area contributed by atoms with Crippen LogP contribution in [0.1, 0.15) is 0 Å². The fourth-order valence-electron chi connectivity index (χ4n) is 8.37. The molecule has 0 N–H and O–H groups in total. The average Bonchev–Trinajstić information content (AvgIpc) is 3.84. The molecule has 2 nitrogen and oxygen atoms in total. The molecule has 0 saturated carbocycles. The van der Waals surface area contributed by atoms with Gasteiger partial charge in [-0.25, -0.2) is 0 Å². The number of fused-ring (bicyclic) bond motifs is 8. The Bertz CT molecular complexity index is 3180. The molecule has 0 unspecified atom stereocenters. The molecule has 0 bridgehead atoms. The van der Waals surface area contributed by atoms with Crippen LogP contribution >= 0.6 is 11.3 Å². The molecule has 0 fully saturated rings. The van der Waals surface area contributed by atoms with Gasteiger partial charge < -0.3 is 9.32 Å².